The molecule has 0 aliphatic heterocycles. The van der Waals surface area contributed by atoms with E-state index in [1.165, 1.54) is 0 Å². The first kappa shape index (κ1) is 22.0. The van der Waals surface area contributed by atoms with E-state index in [2.05, 4.69) is 0 Å². The molecule has 138 valence electrons. The zero-order valence-electron chi connectivity index (χ0n) is 12.6. The quantitative estimate of drug-likeness (QED) is 0.355. The van der Waals surface area contributed by atoms with Crippen LogP contribution in [0.1, 0.15) is 64.2 Å². The Bertz CT molecular complexity index is 354. The molecular weight excluding hydrogens is 333 g/mol. The van der Waals surface area contributed by atoms with E-state index in [-0.39, 0.29) is 12.8 Å². The lowest BCUT2D eigenvalue weighted by Crippen LogP contribution is -2.51. The van der Waals surface area contributed by atoms with Crippen molar-refractivity contribution >= 4 is 5.97 Å². The molecule has 0 saturated heterocycles. The van der Waals surface area contributed by atoms with Gasteiger partial charge in [0, 0.05) is 12.8 Å². The van der Waals surface area contributed by atoms with Crippen LogP contribution in [0.25, 0.3) is 0 Å². The van der Waals surface area contributed by atoms with Gasteiger partial charge in [0.15, 0.2) is 0 Å². The molecule has 0 fully saturated rings. The van der Waals surface area contributed by atoms with Gasteiger partial charge in [-0.25, -0.2) is 0 Å². The lowest BCUT2D eigenvalue weighted by Gasteiger charge is -2.28. The fourth-order valence-corrected chi connectivity index (χ4v) is 2.05. The normalized spacial score (nSPS) is 13.3. The smallest absolute Gasteiger partial charge is 0.459 e. The Morgan fingerprint density at radius 1 is 0.696 bits per heavy atom. The third kappa shape index (κ3) is 7.87. The minimum absolute atomic E-state index is 0.0858. The number of hydrogen-bond acceptors (Lipinski definition) is 1. The molecule has 0 heterocycles. The van der Waals surface area contributed by atoms with Gasteiger partial charge >= 0.3 is 24.0 Å². The van der Waals surface area contributed by atoms with Gasteiger partial charge in [0.2, 0.25) is 0 Å². The van der Waals surface area contributed by atoms with Crippen LogP contribution in [0.4, 0.5) is 30.7 Å². The summed E-state index contributed by atoms with van der Waals surface area (Å²) in [5.74, 6) is -12.0. The van der Waals surface area contributed by atoms with Crippen molar-refractivity contribution in [1.82, 2.24) is 0 Å². The van der Waals surface area contributed by atoms with Crippen LogP contribution >= 0.6 is 0 Å². The van der Waals surface area contributed by atoms with Gasteiger partial charge in [-0.2, -0.15) is 30.7 Å². The number of carboxylic acid groups (broad SMARTS) is 1. The van der Waals surface area contributed by atoms with Gasteiger partial charge in [0.05, 0.1) is 0 Å². The Kier molecular flexibility index (Phi) is 8.90. The van der Waals surface area contributed by atoms with Crippen LogP contribution in [0, 0.1) is 0 Å². The summed E-state index contributed by atoms with van der Waals surface area (Å²) in [5.41, 5.74) is 0. The summed E-state index contributed by atoms with van der Waals surface area (Å²) in [6.45, 7) is 0. The van der Waals surface area contributed by atoms with Crippen LogP contribution in [0.3, 0.4) is 0 Å². The molecule has 23 heavy (non-hydrogen) atoms. The predicted octanol–water partition coefficient (Wildman–Crippen LogP) is 5.80. The highest BCUT2D eigenvalue weighted by Gasteiger charge is 2.72. The number of carbonyl (C=O) groups is 1. The fourth-order valence-electron chi connectivity index (χ4n) is 2.05. The Labute approximate surface area is 130 Å². The molecule has 0 aromatic rings. The summed E-state index contributed by atoms with van der Waals surface area (Å²) in [6, 6.07) is 0. The van der Waals surface area contributed by atoms with Gasteiger partial charge in [0.1, 0.15) is 0 Å². The van der Waals surface area contributed by atoms with E-state index in [9.17, 15) is 35.5 Å². The second-order valence-electron chi connectivity index (χ2n) is 5.50. The molecule has 0 aromatic carbocycles. The molecule has 0 radical (unpaired) electrons. The van der Waals surface area contributed by atoms with Gasteiger partial charge in [-0.1, -0.05) is 38.5 Å². The number of aliphatic carboxylic acids is 1. The van der Waals surface area contributed by atoms with Crippen LogP contribution in [0.2, 0.25) is 0 Å². The molecule has 0 bridgehead atoms. The first-order valence-corrected chi connectivity index (χ1v) is 7.46. The molecule has 0 aliphatic rings. The van der Waals surface area contributed by atoms with Crippen LogP contribution in [-0.2, 0) is 4.79 Å². The molecule has 9 heteroatoms. The second-order valence-corrected chi connectivity index (χ2v) is 5.50. The van der Waals surface area contributed by atoms with E-state index in [1.54, 1.807) is 0 Å². The van der Waals surface area contributed by atoms with Crippen molar-refractivity contribution in [3.8, 4) is 0 Å². The summed E-state index contributed by atoms with van der Waals surface area (Å²) in [7, 11) is 0. The van der Waals surface area contributed by atoms with E-state index in [0.29, 0.717) is 19.3 Å². The molecule has 0 rings (SSSR count). The number of halogens is 7. The minimum Gasteiger partial charge on any atom is -0.481 e. The maximum atomic E-state index is 13.0. The van der Waals surface area contributed by atoms with Crippen molar-refractivity contribution < 1.29 is 40.6 Å². The molecular formula is C14H21F7O2. The zero-order chi connectivity index (χ0) is 18.1. The van der Waals surface area contributed by atoms with E-state index < -0.39 is 36.8 Å². The van der Waals surface area contributed by atoms with Gasteiger partial charge in [-0.3, -0.25) is 4.79 Å². The van der Waals surface area contributed by atoms with Crippen molar-refractivity contribution in [2.75, 3.05) is 0 Å². The van der Waals surface area contributed by atoms with Crippen molar-refractivity contribution in [3.63, 3.8) is 0 Å². The predicted molar refractivity (Wildman–Crippen MR) is 69.8 cm³/mol. The molecule has 0 spiro atoms. The van der Waals surface area contributed by atoms with E-state index in [4.69, 9.17) is 5.11 Å². The van der Waals surface area contributed by atoms with Crippen LogP contribution in [-0.4, -0.2) is 29.1 Å². The molecule has 0 saturated carbocycles. The molecule has 0 atom stereocenters. The van der Waals surface area contributed by atoms with E-state index in [1.807, 2.05) is 0 Å². The molecule has 2 nitrogen and oxygen atoms in total. The minimum atomic E-state index is -6.26. The Hall–Kier alpha value is -1.02. The maximum absolute atomic E-state index is 13.0. The van der Waals surface area contributed by atoms with Crippen LogP contribution in [0.5, 0.6) is 0 Å². The largest absolute Gasteiger partial charge is 0.481 e. The van der Waals surface area contributed by atoms with Crippen molar-refractivity contribution in [2.45, 2.75) is 82.2 Å². The third-order valence-corrected chi connectivity index (χ3v) is 3.45. The summed E-state index contributed by atoms with van der Waals surface area (Å²) in [4.78, 5) is 10.2. The summed E-state index contributed by atoms with van der Waals surface area (Å²) in [6.07, 6.45) is -4.02. The van der Waals surface area contributed by atoms with Gasteiger partial charge in [-0.05, 0) is 12.8 Å². The highest BCUT2D eigenvalue weighted by Crippen LogP contribution is 2.48. The molecule has 0 amide bonds. The number of hydrogen-bond donors (Lipinski definition) is 1. The third-order valence-electron chi connectivity index (χ3n) is 3.45. The fraction of sp³-hybridized carbons (Fsp3) is 0.929. The van der Waals surface area contributed by atoms with Gasteiger partial charge in [-0.15, -0.1) is 0 Å². The summed E-state index contributed by atoms with van der Waals surface area (Å²) in [5, 5.41) is 8.40. The van der Waals surface area contributed by atoms with Gasteiger partial charge in [0.25, 0.3) is 0 Å². The lowest BCUT2D eigenvalue weighted by atomic mass is 10.0. The van der Waals surface area contributed by atoms with Crippen molar-refractivity contribution in [1.29, 1.82) is 0 Å². The van der Waals surface area contributed by atoms with E-state index >= 15 is 0 Å². The Morgan fingerprint density at radius 2 is 1.09 bits per heavy atom. The van der Waals surface area contributed by atoms with E-state index in [0.717, 1.165) is 19.3 Å². The number of carboxylic acids is 1. The topological polar surface area (TPSA) is 37.3 Å². The molecule has 1 N–H and O–H groups in total. The SMILES string of the molecule is O=C(O)CCCCCCCCCCC(F)(F)C(F)(F)C(F)(F)F. The molecule has 0 unspecified atom stereocenters. The van der Waals surface area contributed by atoms with Crippen molar-refractivity contribution in [3.05, 3.63) is 0 Å². The Balaban J connectivity index is 3.77. The molecule has 0 aliphatic carbocycles. The number of alkyl halides is 7. The first-order valence-electron chi connectivity index (χ1n) is 7.46. The average molecular weight is 354 g/mol. The zero-order valence-corrected chi connectivity index (χ0v) is 12.6. The average Bonchev–Trinajstić information content (AvgIpc) is 2.39. The summed E-state index contributed by atoms with van der Waals surface area (Å²) < 4.78 is 86.8. The maximum Gasteiger partial charge on any atom is 0.459 e. The van der Waals surface area contributed by atoms with Crippen LogP contribution in [0.15, 0.2) is 0 Å². The van der Waals surface area contributed by atoms with Gasteiger partial charge < -0.3 is 5.11 Å². The van der Waals surface area contributed by atoms with Crippen LogP contribution < -0.4 is 0 Å². The summed E-state index contributed by atoms with van der Waals surface area (Å²) >= 11 is 0. The second kappa shape index (κ2) is 9.32. The molecule has 0 aromatic heterocycles. The monoisotopic (exact) mass is 354 g/mol. The number of unbranched alkanes of at least 4 members (excludes halogenated alkanes) is 7. The highest BCUT2D eigenvalue weighted by molar-refractivity contribution is 5.66. The number of rotatable bonds is 12. The van der Waals surface area contributed by atoms with Crippen molar-refractivity contribution in [2.24, 2.45) is 0 Å². The Morgan fingerprint density at radius 3 is 1.48 bits per heavy atom. The first-order chi connectivity index (χ1) is 10.4. The highest BCUT2D eigenvalue weighted by atomic mass is 19.4. The lowest BCUT2D eigenvalue weighted by molar-refractivity contribution is -0.355. The standard InChI is InChI=1S/C14H21F7O2/c15-12(16,13(17,18)14(19,20)21)10-8-6-4-2-1-3-5-7-9-11(22)23/h1-10H2,(H,22,23).